The van der Waals surface area contributed by atoms with E-state index in [0.717, 1.165) is 5.56 Å². The molecule has 0 aliphatic carbocycles. The van der Waals surface area contributed by atoms with Crippen molar-refractivity contribution in [2.24, 2.45) is 5.14 Å². The van der Waals surface area contributed by atoms with Crippen molar-refractivity contribution < 1.29 is 17.9 Å². The molecule has 0 saturated heterocycles. The Morgan fingerprint density at radius 2 is 1.91 bits per heavy atom. The Labute approximate surface area is 137 Å². The van der Waals surface area contributed by atoms with Gasteiger partial charge in [0.15, 0.2) is 0 Å². The van der Waals surface area contributed by atoms with Crippen LogP contribution in [0.4, 0.5) is 4.79 Å². The highest BCUT2D eigenvalue weighted by molar-refractivity contribution is 7.89. The highest BCUT2D eigenvalue weighted by Crippen LogP contribution is 2.22. The first kappa shape index (κ1) is 19.2. The largest absolute Gasteiger partial charge is 0.491 e. The fourth-order valence-electron chi connectivity index (χ4n) is 2.09. The molecule has 0 saturated carbocycles. The van der Waals surface area contributed by atoms with Gasteiger partial charge in [-0.1, -0.05) is 6.92 Å². The number of nitrogens with two attached hydrogens (primary N) is 1. The van der Waals surface area contributed by atoms with Crippen LogP contribution >= 0.6 is 0 Å². The number of sulfonamides is 1. The minimum atomic E-state index is -3.72. The Balaban J connectivity index is 2.60. The van der Waals surface area contributed by atoms with Crippen LogP contribution in [0.15, 0.2) is 23.1 Å². The summed E-state index contributed by atoms with van der Waals surface area (Å²) in [6.07, 6.45) is 0.616. The number of carbonyl (C=O) groups excluding carboxylic acids is 1. The summed E-state index contributed by atoms with van der Waals surface area (Å²) in [7, 11) is -3.72. The third-order valence-corrected chi connectivity index (χ3v) is 4.34. The number of amides is 2. The highest BCUT2D eigenvalue weighted by atomic mass is 32.2. The maximum absolute atomic E-state index is 11.8. The van der Waals surface area contributed by atoms with E-state index in [4.69, 9.17) is 9.88 Å². The van der Waals surface area contributed by atoms with Gasteiger partial charge >= 0.3 is 6.03 Å². The molecule has 0 radical (unpaired) electrons. The first-order valence-corrected chi connectivity index (χ1v) is 9.19. The van der Waals surface area contributed by atoms with E-state index < -0.39 is 10.0 Å². The number of primary sulfonamides is 1. The van der Waals surface area contributed by atoms with Gasteiger partial charge < -0.3 is 15.0 Å². The van der Waals surface area contributed by atoms with E-state index in [-0.39, 0.29) is 10.9 Å². The van der Waals surface area contributed by atoms with Crippen LogP contribution in [0.25, 0.3) is 0 Å². The van der Waals surface area contributed by atoms with Gasteiger partial charge in [0.2, 0.25) is 10.0 Å². The Kier molecular flexibility index (Phi) is 7.31. The van der Waals surface area contributed by atoms with Crippen molar-refractivity contribution in [3.8, 4) is 5.75 Å². The number of rotatable bonds is 8. The number of nitrogens with one attached hydrogen (secondary N) is 1. The number of ether oxygens (including phenoxy) is 1. The zero-order chi connectivity index (χ0) is 17.5. The monoisotopic (exact) mass is 343 g/mol. The van der Waals surface area contributed by atoms with E-state index in [0.29, 0.717) is 38.4 Å². The molecule has 3 N–H and O–H groups in total. The minimum Gasteiger partial charge on any atom is -0.491 e. The van der Waals surface area contributed by atoms with Crippen LogP contribution in [0.2, 0.25) is 0 Å². The molecule has 0 unspecified atom stereocenters. The molecular weight excluding hydrogens is 318 g/mol. The van der Waals surface area contributed by atoms with Crippen molar-refractivity contribution in [3.63, 3.8) is 0 Å². The molecule has 1 aromatic carbocycles. The number of hydrogen-bond acceptors (Lipinski definition) is 4. The summed E-state index contributed by atoms with van der Waals surface area (Å²) in [5.41, 5.74) is 0.756. The molecule has 0 bridgehead atoms. The lowest BCUT2D eigenvalue weighted by Crippen LogP contribution is -2.41. The van der Waals surface area contributed by atoms with Gasteiger partial charge in [0.05, 0.1) is 11.4 Å². The maximum Gasteiger partial charge on any atom is 0.317 e. The SMILES string of the molecule is CCc1cc(S(N)(=O)=O)ccc1OCCNC(=O)N(CC)CC. The number of aryl methyl sites for hydroxylation is 1. The summed E-state index contributed by atoms with van der Waals surface area (Å²) in [4.78, 5) is 13.5. The van der Waals surface area contributed by atoms with Crippen molar-refractivity contribution in [2.75, 3.05) is 26.2 Å². The number of hydrogen-bond donors (Lipinski definition) is 2. The second-order valence-electron chi connectivity index (χ2n) is 4.92. The summed E-state index contributed by atoms with van der Waals surface area (Å²) in [6.45, 7) is 7.71. The van der Waals surface area contributed by atoms with Gasteiger partial charge in [-0.3, -0.25) is 0 Å². The number of carbonyl (C=O) groups is 1. The summed E-state index contributed by atoms with van der Waals surface area (Å²) in [5, 5.41) is 7.89. The van der Waals surface area contributed by atoms with Crippen LogP contribution in [0, 0.1) is 0 Å². The van der Waals surface area contributed by atoms with Gasteiger partial charge in [0, 0.05) is 13.1 Å². The molecular formula is C15H25N3O4S. The van der Waals surface area contributed by atoms with Gasteiger partial charge in [-0.15, -0.1) is 0 Å². The molecule has 0 spiro atoms. The Bertz CT molecular complexity index is 628. The topological polar surface area (TPSA) is 102 Å². The van der Waals surface area contributed by atoms with Gasteiger partial charge in [0.25, 0.3) is 0 Å². The molecule has 0 aliphatic rings. The molecule has 8 heteroatoms. The van der Waals surface area contributed by atoms with Crippen molar-refractivity contribution in [2.45, 2.75) is 32.1 Å². The second kappa shape index (κ2) is 8.73. The lowest BCUT2D eigenvalue weighted by molar-refractivity contribution is 0.200. The normalized spacial score (nSPS) is 11.1. The van der Waals surface area contributed by atoms with E-state index in [2.05, 4.69) is 5.32 Å². The molecule has 7 nitrogen and oxygen atoms in total. The Morgan fingerprint density at radius 1 is 1.26 bits per heavy atom. The van der Waals surface area contributed by atoms with Crippen LogP contribution in [-0.4, -0.2) is 45.6 Å². The predicted molar refractivity (Wildman–Crippen MR) is 89.0 cm³/mol. The van der Waals surface area contributed by atoms with E-state index in [9.17, 15) is 13.2 Å². The summed E-state index contributed by atoms with van der Waals surface area (Å²) in [5.74, 6) is 0.594. The summed E-state index contributed by atoms with van der Waals surface area (Å²) >= 11 is 0. The van der Waals surface area contributed by atoms with E-state index >= 15 is 0 Å². The number of benzene rings is 1. The second-order valence-corrected chi connectivity index (χ2v) is 6.48. The van der Waals surface area contributed by atoms with Crippen LogP contribution in [0.5, 0.6) is 5.75 Å². The van der Waals surface area contributed by atoms with Crippen LogP contribution in [0.1, 0.15) is 26.3 Å². The molecule has 23 heavy (non-hydrogen) atoms. The smallest absolute Gasteiger partial charge is 0.317 e. The molecule has 0 aliphatic heterocycles. The first-order valence-electron chi connectivity index (χ1n) is 7.64. The Morgan fingerprint density at radius 3 is 2.43 bits per heavy atom. The van der Waals surface area contributed by atoms with Crippen LogP contribution < -0.4 is 15.2 Å². The first-order chi connectivity index (χ1) is 10.8. The maximum atomic E-state index is 11.8. The third-order valence-electron chi connectivity index (χ3n) is 3.43. The molecule has 1 rings (SSSR count). The average molecular weight is 343 g/mol. The average Bonchev–Trinajstić information content (AvgIpc) is 2.51. The van der Waals surface area contributed by atoms with Crippen molar-refractivity contribution in [1.29, 1.82) is 0 Å². The van der Waals surface area contributed by atoms with Crippen LogP contribution in [0.3, 0.4) is 0 Å². The fourth-order valence-corrected chi connectivity index (χ4v) is 2.66. The molecule has 2 amide bonds. The van der Waals surface area contributed by atoms with Gasteiger partial charge in [0.1, 0.15) is 12.4 Å². The van der Waals surface area contributed by atoms with Crippen molar-refractivity contribution >= 4 is 16.1 Å². The van der Waals surface area contributed by atoms with Gasteiger partial charge in [-0.25, -0.2) is 18.4 Å². The highest BCUT2D eigenvalue weighted by Gasteiger charge is 2.12. The lowest BCUT2D eigenvalue weighted by atomic mass is 10.1. The van der Waals surface area contributed by atoms with Gasteiger partial charge in [-0.05, 0) is 44.0 Å². The number of nitrogens with zero attached hydrogens (tertiary/aromatic N) is 1. The van der Waals surface area contributed by atoms with E-state index in [1.54, 1.807) is 11.0 Å². The molecule has 0 fully saturated rings. The number of urea groups is 1. The minimum absolute atomic E-state index is 0.0662. The Hall–Kier alpha value is -1.80. The van der Waals surface area contributed by atoms with Crippen LogP contribution in [-0.2, 0) is 16.4 Å². The lowest BCUT2D eigenvalue weighted by Gasteiger charge is -2.19. The molecule has 0 aromatic heterocycles. The molecule has 130 valence electrons. The summed E-state index contributed by atoms with van der Waals surface area (Å²) in [6, 6.07) is 4.39. The van der Waals surface area contributed by atoms with Gasteiger partial charge in [-0.2, -0.15) is 0 Å². The summed E-state index contributed by atoms with van der Waals surface area (Å²) < 4.78 is 28.3. The van der Waals surface area contributed by atoms with Crippen molar-refractivity contribution in [1.82, 2.24) is 10.2 Å². The predicted octanol–water partition coefficient (Wildman–Crippen LogP) is 1.33. The third kappa shape index (κ3) is 5.72. The van der Waals surface area contributed by atoms with Crippen molar-refractivity contribution in [3.05, 3.63) is 23.8 Å². The standard InChI is InChI=1S/C15H25N3O4S/c1-4-12-11-13(23(16,20)21)7-8-14(12)22-10-9-17-15(19)18(5-2)6-3/h7-8,11H,4-6,9-10H2,1-3H3,(H,17,19)(H2,16,20,21). The quantitative estimate of drug-likeness (QED) is 0.695. The molecule has 1 aromatic rings. The zero-order valence-corrected chi connectivity index (χ0v) is 14.6. The fraction of sp³-hybridized carbons (Fsp3) is 0.533. The van der Waals surface area contributed by atoms with E-state index in [1.165, 1.54) is 12.1 Å². The van der Waals surface area contributed by atoms with E-state index in [1.807, 2.05) is 20.8 Å². The molecule has 0 atom stereocenters. The molecule has 0 heterocycles. The zero-order valence-electron chi connectivity index (χ0n) is 13.8.